The Bertz CT molecular complexity index is 1190. The maximum atomic E-state index is 13.3. The van der Waals surface area contributed by atoms with Gasteiger partial charge in [-0.25, -0.2) is 22.0 Å². The second-order valence-corrected chi connectivity index (χ2v) is 10.9. The van der Waals surface area contributed by atoms with E-state index in [0.717, 1.165) is 18.2 Å². The van der Waals surface area contributed by atoms with Crippen molar-refractivity contribution in [2.75, 3.05) is 32.8 Å². The van der Waals surface area contributed by atoms with E-state index in [9.17, 15) is 26.8 Å². The first-order valence-corrected chi connectivity index (χ1v) is 12.6. The normalized spacial score (nSPS) is 15.1. The highest BCUT2D eigenvalue weighted by Gasteiger charge is 2.36. The number of carbonyl (C=O) groups is 2. The number of benzene rings is 2. The molecule has 0 spiro atoms. The van der Waals surface area contributed by atoms with Gasteiger partial charge in [0.1, 0.15) is 5.75 Å². The molecule has 0 saturated carbocycles. The van der Waals surface area contributed by atoms with E-state index < -0.39 is 33.0 Å². The molecule has 0 unspecified atom stereocenters. The van der Waals surface area contributed by atoms with Gasteiger partial charge in [0.05, 0.1) is 17.1 Å². The van der Waals surface area contributed by atoms with Gasteiger partial charge >= 0.3 is 5.97 Å². The number of carboxylic acids is 1. The third kappa shape index (κ3) is 6.34. The molecule has 3 rings (SSSR count). The number of ether oxygens (including phenoxy) is 1. The van der Waals surface area contributed by atoms with E-state index >= 15 is 0 Å². The first kappa shape index (κ1) is 26.6. The first-order chi connectivity index (χ1) is 16.4. The van der Waals surface area contributed by atoms with Crippen LogP contribution in [0.15, 0.2) is 47.4 Å². The molecule has 1 saturated heterocycles. The summed E-state index contributed by atoms with van der Waals surface area (Å²) in [5.74, 6) is -3.07. The monoisotopic (exact) mass is 510 g/mol. The topological polar surface area (TPSA) is 104 Å². The van der Waals surface area contributed by atoms with E-state index in [1.807, 2.05) is 0 Å². The lowest BCUT2D eigenvalue weighted by molar-refractivity contribution is -0.142. The Morgan fingerprint density at radius 3 is 2.34 bits per heavy atom. The second-order valence-electron chi connectivity index (χ2n) is 8.94. The predicted octanol–water partition coefficient (Wildman–Crippen LogP) is 3.38. The summed E-state index contributed by atoms with van der Waals surface area (Å²) in [5.41, 5.74) is -0.843. The van der Waals surface area contributed by atoms with Gasteiger partial charge in [-0.1, -0.05) is 19.9 Å². The van der Waals surface area contributed by atoms with Gasteiger partial charge in [0.15, 0.2) is 11.6 Å². The molecule has 1 amide bonds. The summed E-state index contributed by atoms with van der Waals surface area (Å²) < 4.78 is 58.8. The van der Waals surface area contributed by atoms with Crippen molar-refractivity contribution in [2.24, 2.45) is 5.41 Å². The van der Waals surface area contributed by atoms with Gasteiger partial charge in [-0.05, 0) is 43.2 Å². The number of carbonyl (C=O) groups excluding carboxylic acids is 1. The van der Waals surface area contributed by atoms with Crippen molar-refractivity contribution in [3.63, 3.8) is 0 Å². The van der Waals surface area contributed by atoms with E-state index in [-0.39, 0.29) is 54.9 Å². The summed E-state index contributed by atoms with van der Waals surface area (Å²) in [6, 6.07) is 8.47. The van der Waals surface area contributed by atoms with Crippen LogP contribution in [0.2, 0.25) is 0 Å². The first-order valence-electron chi connectivity index (χ1n) is 11.1. The zero-order valence-electron chi connectivity index (χ0n) is 19.5. The standard InChI is InChI=1S/C24H28F2N2O6S/c1-24(2,9-4-14-34-18-7-8-20(25)21(26)16-18)23(31)27-10-12-28(13-11-27)35(32,33)19-6-3-5-17(15-19)22(29)30/h3,5-8,15-16H,4,9-14H2,1-2H3,(H,29,30). The maximum absolute atomic E-state index is 13.3. The van der Waals surface area contributed by atoms with Gasteiger partial charge < -0.3 is 14.7 Å². The lowest BCUT2D eigenvalue weighted by Gasteiger charge is -2.38. The Hall–Kier alpha value is -3.05. The van der Waals surface area contributed by atoms with Crippen molar-refractivity contribution in [3.8, 4) is 5.75 Å². The smallest absolute Gasteiger partial charge is 0.335 e. The fourth-order valence-corrected chi connectivity index (χ4v) is 5.34. The SMILES string of the molecule is CC(C)(CCCOc1ccc(F)c(F)c1)C(=O)N1CCN(S(=O)(=O)c2cccc(C(=O)O)c2)CC1. The molecule has 1 fully saturated rings. The summed E-state index contributed by atoms with van der Waals surface area (Å²) in [4.78, 5) is 25.8. The third-order valence-corrected chi connectivity index (χ3v) is 7.82. The highest BCUT2D eigenvalue weighted by molar-refractivity contribution is 7.89. The second kappa shape index (κ2) is 10.7. The van der Waals surface area contributed by atoms with E-state index in [1.54, 1.807) is 18.7 Å². The lowest BCUT2D eigenvalue weighted by atomic mass is 9.86. The summed E-state index contributed by atoms with van der Waals surface area (Å²) in [7, 11) is -3.89. The molecule has 0 atom stereocenters. The van der Waals surface area contributed by atoms with Crippen molar-refractivity contribution in [2.45, 2.75) is 31.6 Å². The largest absolute Gasteiger partial charge is 0.493 e. The van der Waals surface area contributed by atoms with Gasteiger partial charge in [0.2, 0.25) is 15.9 Å². The molecule has 1 N–H and O–H groups in total. The van der Waals surface area contributed by atoms with Crippen LogP contribution >= 0.6 is 0 Å². The Balaban J connectivity index is 1.52. The van der Waals surface area contributed by atoms with Crippen molar-refractivity contribution in [1.29, 1.82) is 0 Å². The molecule has 0 radical (unpaired) electrons. The van der Waals surface area contributed by atoms with E-state index in [2.05, 4.69) is 0 Å². The maximum Gasteiger partial charge on any atom is 0.335 e. The molecule has 190 valence electrons. The van der Waals surface area contributed by atoms with Crippen LogP contribution < -0.4 is 4.74 Å². The number of amides is 1. The minimum absolute atomic E-state index is 0.0979. The molecule has 2 aromatic rings. The highest BCUT2D eigenvalue weighted by Crippen LogP contribution is 2.27. The minimum Gasteiger partial charge on any atom is -0.493 e. The van der Waals surface area contributed by atoms with Crippen LogP contribution in [-0.4, -0.2) is 67.4 Å². The number of aromatic carboxylic acids is 1. The van der Waals surface area contributed by atoms with E-state index in [1.165, 1.54) is 28.6 Å². The number of sulfonamides is 1. The number of carboxylic acid groups (broad SMARTS) is 1. The molecule has 11 heteroatoms. The molecular formula is C24H28F2N2O6S. The minimum atomic E-state index is -3.89. The number of nitrogens with zero attached hydrogens (tertiary/aromatic N) is 2. The zero-order valence-corrected chi connectivity index (χ0v) is 20.4. The molecule has 0 aliphatic carbocycles. The van der Waals surface area contributed by atoms with Crippen LogP contribution in [0.25, 0.3) is 0 Å². The lowest BCUT2D eigenvalue weighted by Crippen LogP contribution is -2.53. The Morgan fingerprint density at radius 1 is 1.03 bits per heavy atom. The van der Waals surface area contributed by atoms with Crippen molar-refractivity contribution >= 4 is 21.9 Å². The van der Waals surface area contributed by atoms with Crippen molar-refractivity contribution < 1.29 is 36.6 Å². The molecule has 0 aromatic heterocycles. The molecule has 0 bridgehead atoms. The molecule has 1 aliphatic heterocycles. The quantitative estimate of drug-likeness (QED) is 0.519. The average molecular weight is 511 g/mol. The Labute approximate surface area is 203 Å². The number of halogens is 2. The molecule has 1 aliphatic rings. The number of rotatable bonds is 9. The van der Waals surface area contributed by atoms with Crippen LogP contribution in [0.3, 0.4) is 0 Å². The van der Waals surface area contributed by atoms with Gasteiger partial charge in [0.25, 0.3) is 0 Å². The summed E-state index contributed by atoms with van der Waals surface area (Å²) in [6.07, 6.45) is 0.988. The third-order valence-electron chi connectivity index (χ3n) is 5.93. The molecule has 1 heterocycles. The van der Waals surface area contributed by atoms with Crippen LogP contribution in [-0.2, 0) is 14.8 Å². The van der Waals surface area contributed by atoms with Gasteiger partial charge in [0, 0.05) is 37.7 Å². The molecule has 8 nitrogen and oxygen atoms in total. The van der Waals surface area contributed by atoms with Gasteiger partial charge in [-0.2, -0.15) is 4.31 Å². The molecule has 2 aromatic carbocycles. The van der Waals surface area contributed by atoms with Crippen LogP contribution in [0.5, 0.6) is 5.75 Å². The summed E-state index contributed by atoms with van der Waals surface area (Å²) >= 11 is 0. The van der Waals surface area contributed by atoms with Crippen molar-refractivity contribution in [1.82, 2.24) is 9.21 Å². The van der Waals surface area contributed by atoms with Gasteiger partial charge in [-0.3, -0.25) is 4.79 Å². The number of piperazine rings is 1. The van der Waals surface area contributed by atoms with Crippen molar-refractivity contribution in [3.05, 3.63) is 59.7 Å². The van der Waals surface area contributed by atoms with Crippen LogP contribution in [0, 0.1) is 17.0 Å². The molecule has 35 heavy (non-hydrogen) atoms. The fraction of sp³-hybridized carbons (Fsp3) is 0.417. The average Bonchev–Trinajstić information content (AvgIpc) is 2.83. The predicted molar refractivity (Wildman–Crippen MR) is 124 cm³/mol. The number of hydrogen-bond acceptors (Lipinski definition) is 5. The van der Waals surface area contributed by atoms with Crippen LogP contribution in [0.1, 0.15) is 37.0 Å². The molecular weight excluding hydrogens is 482 g/mol. The van der Waals surface area contributed by atoms with E-state index in [0.29, 0.717) is 12.8 Å². The van der Waals surface area contributed by atoms with Gasteiger partial charge in [-0.15, -0.1) is 0 Å². The fourth-order valence-electron chi connectivity index (χ4n) is 3.88. The summed E-state index contributed by atoms with van der Waals surface area (Å²) in [6.45, 7) is 4.45. The Morgan fingerprint density at radius 2 is 1.71 bits per heavy atom. The van der Waals surface area contributed by atoms with Crippen LogP contribution in [0.4, 0.5) is 8.78 Å². The van der Waals surface area contributed by atoms with E-state index in [4.69, 9.17) is 9.84 Å². The number of hydrogen-bond donors (Lipinski definition) is 1. The zero-order chi connectivity index (χ0) is 25.8. The highest BCUT2D eigenvalue weighted by atomic mass is 32.2. The Kier molecular flexibility index (Phi) is 8.11. The summed E-state index contributed by atoms with van der Waals surface area (Å²) in [5, 5.41) is 9.12.